The van der Waals surface area contributed by atoms with E-state index in [1.54, 1.807) is 0 Å². The highest BCUT2D eigenvalue weighted by Crippen LogP contribution is 2.19. The van der Waals surface area contributed by atoms with Crippen LogP contribution in [0, 0.1) is 5.92 Å². The van der Waals surface area contributed by atoms with E-state index in [2.05, 4.69) is 61.7 Å². The van der Waals surface area contributed by atoms with Crippen molar-refractivity contribution in [1.29, 1.82) is 0 Å². The molecule has 0 aliphatic carbocycles. The van der Waals surface area contributed by atoms with Gasteiger partial charge in [0.25, 0.3) is 0 Å². The third kappa shape index (κ3) is 4.45. The van der Waals surface area contributed by atoms with Gasteiger partial charge in [0, 0.05) is 38.0 Å². The van der Waals surface area contributed by atoms with E-state index in [0.29, 0.717) is 13.4 Å². The highest BCUT2D eigenvalue weighted by Gasteiger charge is 2.23. The van der Waals surface area contributed by atoms with Crippen molar-refractivity contribution >= 4 is 18.8 Å². The minimum absolute atomic E-state index is 0.101. The van der Waals surface area contributed by atoms with Crippen LogP contribution in [0.4, 0.5) is 5.82 Å². The molecule has 0 saturated carbocycles. The average Bonchev–Trinajstić information content (AvgIpc) is 2.46. The Morgan fingerprint density at radius 3 is 2.38 bits per heavy atom. The first-order chi connectivity index (χ1) is 9.88. The number of hydrogen-bond acceptors (Lipinski definition) is 4. The number of pyridine rings is 1. The molecule has 0 radical (unpaired) electrons. The Morgan fingerprint density at radius 1 is 1.19 bits per heavy atom. The quantitative estimate of drug-likeness (QED) is 0.763. The van der Waals surface area contributed by atoms with E-state index in [1.165, 1.54) is 0 Å². The van der Waals surface area contributed by atoms with Crippen LogP contribution >= 0.6 is 0 Å². The second kappa shape index (κ2) is 6.80. The third-order valence-electron chi connectivity index (χ3n) is 4.64. The van der Waals surface area contributed by atoms with Crippen LogP contribution in [0.1, 0.15) is 27.7 Å². The van der Waals surface area contributed by atoms with Gasteiger partial charge in [-0.15, -0.1) is 0 Å². The topological polar surface area (TPSA) is 28.6 Å². The summed E-state index contributed by atoms with van der Waals surface area (Å²) in [7, 11) is 2.79. The van der Waals surface area contributed by atoms with Crippen LogP contribution in [0.2, 0.25) is 0 Å². The van der Waals surface area contributed by atoms with Crippen molar-refractivity contribution in [3.8, 4) is 0 Å². The van der Waals surface area contributed by atoms with Crippen LogP contribution in [-0.4, -0.2) is 56.2 Å². The van der Waals surface area contributed by atoms with Gasteiger partial charge in [-0.1, -0.05) is 19.9 Å². The lowest BCUT2D eigenvalue weighted by molar-refractivity contribution is 0.0668. The molecule has 5 heteroatoms. The molecule has 116 valence electrons. The maximum atomic E-state index is 6.02. The molecular weight excluding hydrogens is 261 g/mol. The lowest BCUT2D eigenvalue weighted by Crippen LogP contribution is -2.45. The molecule has 1 aliphatic heterocycles. The zero-order valence-corrected chi connectivity index (χ0v) is 14.1. The number of piperazine rings is 1. The fourth-order valence-electron chi connectivity index (χ4n) is 2.16. The number of rotatable bonds is 5. The summed E-state index contributed by atoms with van der Waals surface area (Å²) in [6.45, 7) is 13.0. The number of anilines is 1. The number of nitrogens with zero attached hydrogens (tertiary/aromatic N) is 3. The lowest BCUT2D eigenvalue weighted by Gasteiger charge is -2.33. The monoisotopic (exact) mass is 289 g/mol. The molecule has 1 saturated heterocycles. The van der Waals surface area contributed by atoms with Crippen LogP contribution in [0.5, 0.6) is 0 Å². The van der Waals surface area contributed by atoms with Gasteiger partial charge in [-0.05, 0) is 38.3 Å². The van der Waals surface area contributed by atoms with Crippen molar-refractivity contribution < 1.29 is 4.65 Å². The van der Waals surface area contributed by atoms with Crippen LogP contribution < -0.4 is 10.4 Å². The SMILES string of the molecule is CC(C)C(C)(C)OBc1ccc(N2CCN(C)CC2)nc1. The molecule has 2 rings (SSSR count). The molecule has 1 aliphatic rings. The molecule has 2 heterocycles. The summed E-state index contributed by atoms with van der Waals surface area (Å²) in [5, 5.41) is 0. The highest BCUT2D eigenvalue weighted by molar-refractivity contribution is 6.46. The van der Waals surface area contributed by atoms with Gasteiger partial charge in [0.1, 0.15) is 5.82 Å². The molecule has 0 amide bonds. The molecule has 0 bridgehead atoms. The van der Waals surface area contributed by atoms with E-state index in [4.69, 9.17) is 4.65 Å². The number of likely N-dealkylation sites (N-methyl/N-ethyl adjacent to an activating group) is 1. The zero-order chi connectivity index (χ0) is 15.5. The highest BCUT2D eigenvalue weighted by atomic mass is 16.5. The Hall–Kier alpha value is -1.07. The molecule has 0 spiro atoms. The Morgan fingerprint density at radius 2 is 1.86 bits per heavy atom. The largest absolute Gasteiger partial charge is 0.429 e. The Labute approximate surface area is 129 Å². The van der Waals surface area contributed by atoms with Gasteiger partial charge >= 0.3 is 7.48 Å². The third-order valence-corrected chi connectivity index (χ3v) is 4.64. The molecule has 0 atom stereocenters. The van der Waals surface area contributed by atoms with Gasteiger partial charge in [0.2, 0.25) is 0 Å². The van der Waals surface area contributed by atoms with E-state index >= 15 is 0 Å². The van der Waals surface area contributed by atoms with E-state index in [9.17, 15) is 0 Å². The predicted molar refractivity (Wildman–Crippen MR) is 90.7 cm³/mol. The molecule has 1 aromatic rings. The maximum absolute atomic E-state index is 6.02. The van der Waals surface area contributed by atoms with Gasteiger partial charge in [0.15, 0.2) is 0 Å². The first kappa shape index (κ1) is 16.3. The minimum atomic E-state index is -0.101. The van der Waals surface area contributed by atoms with Crippen LogP contribution in [0.25, 0.3) is 0 Å². The number of hydrogen-bond donors (Lipinski definition) is 0. The molecular formula is C16H28BN3O. The first-order valence-corrected chi connectivity index (χ1v) is 7.91. The van der Waals surface area contributed by atoms with Gasteiger partial charge in [-0.3, -0.25) is 0 Å². The normalized spacial score (nSPS) is 17.3. The summed E-state index contributed by atoms with van der Waals surface area (Å²) in [5.74, 6) is 1.57. The van der Waals surface area contributed by atoms with Gasteiger partial charge in [0.05, 0.1) is 0 Å². The molecule has 0 unspecified atom stereocenters. The Kier molecular flexibility index (Phi) is 5.28. The standard InChI is InChI=1S/C16H28BN3O/c1-13(2)16(3,4)21-17-14-6-7-15(18-12-14)20-10-8-19(5)9-11-20/h6-7,12-13,17H,8-11H2,1-5H3. The summed E-state index contributed by atoms with van der Waals surface area (Å²) < 4.78 is 6.02. The summed E-state index contributed by atoms with van der Waals surface area (Å²) in [6.07, 6.45) is 1.95. The van der Waals surface area contributed by atoms with Crippen molar-refractivity contribution in [2.45, 2.75) is 33.3 Å². The van der Waals surface area contributed by atoms with Gasteiger partial charge < -0.3 is 14.5 Å². The number of aromatic nitrogens is 1. The fraction of sp³-hybridized carbons (Fsp3) is 0.688. The molecule has 0 aromatic carbocycles. The van der Waals surface area contributed by atoms with E-state index in [1.807, 2.05) is 6.20 Å². The lowest BCUT2D eigenvalue weighted by atomic mass is 9.85. The Balaban J connectivity index is 1.90. The molecule has 1 fully saturated rings. The van der Waals surface area contributed by atoms with Crippen molar-refractivity contribution in [1.82, 2.24) is 9.88 Å². The van der Waals surface area contributed by atoms with Crippen molar-refractivity contribution in [3.05, 3.63) is 18.3 Å². The second-order valence-corrected chi connectivity index (χ2v) is 6.86. The minimum Gasteiger partial charge on any atom is -0.429 e. The average molecular weight is 289 g/mol. The summed E-state index contributed by atoms with van der Waals surface area (Å²) in [5.41, 5.74) is 1.04. The summed E-state index contributed by atoms with van der Waals surface area (Å²) in [6, 6.07) is 4.25. The van der Waals surface area contributed by atoms with E-state index < -0.39 is 0 Å². The summed E-state index contributed by atoms with van der Waals surface area (Å²) >= 11 is 0. The molecule has 0 N–H and O–H groups in total. The van der Waals surface area contributed by atoms with Crippen LogP contribution in [-0.2, 0) is 4.65 Å². The fourth-order valence-corrected chi connectivity index (χ4v) is 2.16. The second-order valence-electron chi connectivity index (χ2n) is 6.86. The maximum Gasteiger partial charge on any atom is 0.310 e. The predicted octanol–water partition coefficient (Wildman–Crippen LogP) is 1.26. The van der Waals surface area contributed by atoms with E-state index in [0.717, 1.165) is 37.5 Å². The smallest absolute Gasteiger partial charge is 0.310 e. The van der Waals surface area contributed by atoms with E-state index in [-0.39, 0.29) is 5.60 Å². The van der Waals surface area contributed by atoms with Crippen LogP contribution in [0.3, 0.4) is 0 Å². The zero-order valence-electron chi connectivity index (χ0n) is 14.1. The van der Waals surface area contributed by atoms with Crippen molar-refractivity contribution in [3.63, 3.8) is 0 Å². The van der Waals surface area contributed by atoms with Crippen molar-refractivity contribution in [2.24, 2.45) is 5.92 Å². The van der Waals surface area contributed by atoms with Crippen LogP contribution in [0.15, 0.2) is 18.3 Å². The Bertz CT molecular complexity index is 439. The van der Waals surface area contributed by atoms with Gasteiger partial charge in [-0.2, -0.15) is 0 Å². The van der Waals surface area contributed by atoms with Gasteiger partial charge in [-0.25, -0.2) is 4.98 Å². The molecule has 21 heavy (non-hydrogen) atoms. The molecule has 1 aromatic heterocycles. The molecule has 4 nitrogen and oxygen atoms in total. The van der Waals surface area contributed by atoms with Crippen molar-refractivity contribution in [2.75, 3.05) is 38.1 Å². The summed E-state index contributed by atoms with van der Waals surface area (Å²) in [4.78, 5) is 9.30. The first-order valence-electron chi connectivity index (χ1n) is 7.91.